The zero-order valence-corrected chi connectivity index (χ0v) is 12.2. The number of nitrogens with one attached hydrogen (secondary N) is 1. The first-order chi connectivity index (χ1) is 7.80. The van der Waals surface area contributed by atoms with Crippen LogP contribution in [-0.4, -0.2) is 6.04 Å². The second-order valence-electron chi connectivity index (χ2n) is 6.47. The van der Waals surface area contributed by atoms with Crippen molar-refractivity contribution in [2.24, 2.45) is 5.92 Å². The molecule has 1 N–H and O–H groups in total. The van der Waals surface area contributed by atoms with Crippen LogP contribution in [0.15, 0.2) is 24.3 Å². The molecule has 0 fully saturated rings. The number of anilines is 1. The maximum atomic E-state index is 3.65. The summed E-state index contributed by atoms with van der Waals surface area (Å²) in [7, 11) is 0. The van der Waals surface area contributed by atoms with E-state index in [2.05, 4.69) is 71.1 Å². The Labute approximate surface area is 107 Å². The lowest BCUT2D eigenvalue weighted by Crippen LogP contribution is -2.21. The van der Waals surface area contributed by atoms with Gasteiger partial charge in [-0.2, -0.15) is 0 Å². The van der Waals surface area contributed by atoms with Gasteiger partial charge in [-0.25, -0.2) is 0 Å². The van der Waals surface area contributed by atoms with Crippen molar-refractivity contribution >= 4 is 5.69 Å². The smallest absolute Gasteiger partial charge is 0.0380 e. The summed E-state index contributed by atoms with van der Waals surface area (Å²) < 4.78 is 0. The fourth-order valence-electron chi connectivity index (χ4n) is 2.29. The lowest BCUT2D eigenvalue weighted by molar-refractivity contribution is 0.536. The Hall–Kier alpha value is -0.980. The summed E-state index contributed by atoms with van der Waals surface area (Å²) in [6.07, 6.45) is 1.21. The van der Waals surface area contributed by atoms with Gasteiger partial charge in [-0.05, 0) is 36.3 Å². The monoisotopic (exact) mass is 233 g/mol. The molecule has 1 atom stereocenters. The van der Waals surface area contributed by atoms with Crippen LogP contribution in [0.5, 0.6) is 0 Å². The normalized spacial score (nSPS) is 13.8. The minimum absolute atomic E-state index is 0.196. The summed E-state index contributed by atoms with van der Waals surface area (Å²) in [6.45, 7) is 13.6. The van der Waals surface area contributed by atoms with E-state index in [4.69, 9.17) is 0 Å². The second kappa shape index (κ2) is 5.57. The molecule has 0 spiro atoms. The third-order valence-corrected chi connectivity index (χ3v) is 2.96. The van der Waals surface area contributed by atoms with Gasteiger partial charge in [-0.3, -0.25) is 0 Å². The van der Waals surface area contributed by atoms with Crippen molar-refractivity contribution in [3.05, 3.63) is 29.8 Å². The summed E-state index contributed by atoms with van der Waals surface area (Å²) in [5.74, 6) is 0.735. The van der Waals surface area contributed by atoms with E-state index in [0.29, 0.717) is 6.04 Å². The summed E-state index contributed by atoms with van der Waals surface area (Å²) in [5.41, 5.74) is 2.88. The van der Waals surface area contributed by atoms with Gasteiger partial charge in [-0.15, -0.1) is 0 Å². The van der Waals surface area contributed by atoms with Crippen LogP contribution in [0.25, 0.3) is 0 Å². The molecule has 0 heterocycles. The molecule has 17 heavy (non-hydrogen) atoms. The van der Waals surface area contributed by atoms with Gasteiger partial charge in [0.15, 0.2) is 0 Å². The molecule has 1 rings (SSSR count). The molecule has 1 aromatic rings. The standard InChI is InChI=1S/C16H27N/c1-12(2)11-13(3)17-15-10-8-7-9-14(15)16(4,5)6/h7-10,12-13,17H,11H2,1-6H3. The Morgan fingerprint density at radius 1 is 1.06 bits per heavy atom. The Morgan fingerprint density at radius 2 is 1.65 bits per heavy atom. The molecule has 0 radical (unpaired) electrons. The lowest BCUT2D eigenvalue weighted by Gasteiger charge is -2.26. The maximum absolute atomic E-state index is 3.65. The van der Waals surface area contributed by atoms with E-state index >= 15 is 0 Å². The molecular formula is C16H27N. The molecule has 1 heteroatoms. The van der Waals surface area contributed by atoms with Crippen molar-refractivity contribution in [3.63, 3.8) is 0 Å². The van der Waals surface area contributed by atoms with Crippen LogP contribution in [0.2, 0.25) is 0 Å². The van der Waals surface area contributed by atoms with Gasteiger partial charge in [0.2, 0.25) is 0 Å². The van der Waals surface area contributed by atoms with Crippen LogP contribution in [0, 0.1) is 5.92 Å². The van der Waals surface area contributed by atoms with E-state index in [1.807, 2.05) is 0 Å². The van der Waals surface area contributed by atoms with Crippen molar-refractivity contribution in [1.29, 1.82) is 0 Å². The molecule has 0 aromatic heterocycles. The summed E-state index contributed by atoms with van der Waals surface area (Å²) >= 11 is 0. The maximum Gasteiger partial charge on any atom is 0.0380 e. The van der Waals surface area contributed by atoms with Gasteiger partial charge in [0.05, 0.1) is 0 Å². The largest absolute Gasteiger partial charge is 0.382 e. The Morgan fingerprint density at radius 3 is 2.18 bits per heavy atom. The zero-order chi connectivity index (χ0) is 13.1. The van der Waals surface area contributed by atoms with Gasteiger partial charge < -0.3 is 5.32 Å². The molecule has 0 amide bonds. The quantitative estimate of drug-likeness (QED) is 0.785. The fourth-order valence-corrected chi connectivity index (χ4v) is 2.29. The van der Waals surface area contributed by atoms with Crippen molar-refractivity contribution in [2.75, 3.05) is 5.32 Å². The molecule has 0 saturated heterocycles. The molecule has 1 nitrogen and oxygen atoms in total. The highest BCUT2D eigenvalue weighted by Crippen LogP contribution is 2.30. The SMILES string of the molecule is CC(C)CC(C)Nc1ccccc1C(C)(C)C. The number of para-hydroxylation sites is 1. The van der Waals surface area contributed by atoms with E-state index < -0.39 is 0 Å². The number of hydrogen-bond donors (Lipinski definition) is 1. The van der Waals surface area contributed by atoms with E-state index in [1.54, 1.807) is 0 Å². The molecular weight excluding hydrogens is 206 g/mol. The van der Waals surface area contributed by atoms with Gasteiger partial charge in [0, 0.05) is 11.7 Å². The first-order valence-corrected chi connectivity index (χ1v) is 6.66. The first-order valence-electron chi connectivity index (χ1n) is 6.66. The predicted octanol–water partition coefficient (Wildman–Crippen LogP) is 4.83. The summed E-state index contributed by atoms with van der Waals surface area (Å²) in [4.78, 5) is 0. The average molecular weight is 233 g/mol. The van der Waals surface area contributed by atoms with Crippen LogP contribution < -0.4 is 5.32 Å². The van der Waals surface area contributed by atoms with Crippen LogP contribution >= 0.6 is 0 Å². The minimum atomic E-state index is 0.196. The molecule has 96 valence electrons. The van der Waals surface area contributed by atoms with Gasteiger partial charge in [0.25, 0.3) is 0 Å². The van der Waals surface area contributed by atoms with E-state index in [0.717, 1.165) is 5.92 Å². The number of hydrogen-bond acceptors (Lipinski definition) is 1. The zero-order valence-electron chi connectivity index (χ0n) is 12.2. The Kier molecular flexibility index (Phi) is 4.62. The van der Waals surface area contributed by atoms with Crippen LogP contribution in [0.1, 0.15) is 53.5 Å². The van der Waals surface area contributed by atoms with Gasteiger partial charge >= 0.3 is 0 Å². The third-order valence-electron chi connectivity index (χ3n) is 2.96. The fraction of sp³-hybridized carbons (Fsp3) is 0.625. The molecule has 0 saturated carbocycles. The highest BCUT2D eigenvalue weighted by Gasteiger charge is 2.18. The highest BCUT2D eigenvalue weighted by atomic mass is 14.9. The summed E-state index contributed by atoms with van der Waals surface area (Å²) in [5, 5.41) is 3.65. The van der Waals surface area contributed by atoms with Crippen molar-refractivity contribution in [1.82, 2.24) is 0 Å². The van der Waals surface area contributed by atoms with Crippen molar-refractivity contribution in [3.8, 4) is 0 Å². The van der Waals surface area contributed by atoms with E-state index in [-0.39, 0.29) is 5.41 Å². The molecule has 1 aromatic carbocycles. The van der Waals surface area contributed by atoms with E-state index in [1.165, 1.54) is 17.7 Å². The molecule has 0 aliphatic carbocycles. The van der Waals surface area contributed by atoms with Crippen LogP contribution in [0.3, 0.4) is 0 Å². The molecule has 0 aliphatic heterocycles. The number of benzene rings is 1. The molecule has 0 aliphatic rings. The minimum Gasteiger partial charge on any atom is -0.382 e. The topological polar surface area (TPSA) is 12.0 Å². The highest BCUT2D eigenvalue weighted by molar-refractivity contribution is 5.54. The van der Waals surface area contributed by atoms with Gasteiger partial charge in [0.1, 0.15) is 0 Å². The van der Waals surface area contributed by atoms with E-state index in [9.17, 15) is 0 Å². The Balaban J connectivity index is 2.84. The average Bonchev–Trinajstić information content (AvgIpc) is 2.15. The second-order valence-corrected chi connectivity index (χ2v) is 6.47. The lowest BCUT2D eigenvalue weighted by atomic mass is 9.85. The third kappa shape index (κ3) is 4.41. The van der Waals surface area contributed by atoms with Crippen molar-refractivity contribution in [2.45, 2.75) is 59.4 Å². The first kappa shape index (κ1) is 14.1. The summed E-state index contributed by atoms with van der Waals surface area (Å²) in [6, 6.07) is 9.18. The predicted molar refractivity (Wildman–Crippen MR) is 77.7 cm³/mol. The van der Waals surface area contributed by atoms with Crippen molar-refractivity contribution < 1.29 is 0 Å². The molecule has 0 bridgehead atoms. The number of rotatable bonds is 4. The van der Waals surface area contributed by atoms with Gasteiger partial charge in [-0.1, -0.05) is 52.8 Å². The Bertz CT molecular complexity index is 347. The van der Waals surface area contributed by atoms with Crippen LogP contribution in [0.4, 0.5) is 5.69 Å². The molecule has 1 unspecified atom stereocenters. The van der Waals surface area contributed by atoms with Crippen LogP contribution in [-0.2, 0) is 5.41 Å².